The predicted molar refractivity (Wildman–Crippen MR) is 264 cm³/mol. The molecule has 63 heavy (non-hydrogen) atoms. The minimum atomic E-state index is -3.71. The van der Waals surface area contributed by atoms with Gasteiger partial charge in [-0.3, -0.25) is 0 Å². The Balaban J connectivity index is 1.24. The van der Waals surface area contributed by atoms with Crippen LogP contribution in [-0.4, -0.2) is 32.8 Å². The number of aromatic nitrogens is 4. The Morgan fingerprint density at radius 1 is 0.349 bits per heavy atom. The van der Waals surface area contributed by atoms with E-state index in [1.807, 2.05) is 36.4 Å². The maximum atomic E-state index is 5.37. The number of nitrogens with zero attached hydrogens (tertiary/aromatic N) is 4. The van der Waals surface area contributed by atoms with Crippen molar-refractivity contribution in [2.45, 2.75) is 6.92 Å². The number of rotatable bonds is 9. The van der Waals surface area contributed by atoms with E-state index in [1.165, 1.54) is 39.5 Å². The van der Waals surface area contributed by atoms with Gasteiger partial charge in [-0.2, -0.15) is 0 Å². The molecule has 0 aliphatic rings. The van der Waals surface area contributed by atoms with Gasteiger partial charge in [-0.15, -0.1) is 0 Å². The Hall–Kier alpha value is -7.67. The molecule has 0 radical (unpaired) electrons. The van der Waals surface area contributed by atoms with Crippen molar-refractivity contribution in [1.82, 2.24) is 19.5 Å². The summed E-state index contributed by atoms with van der Waals surface area (Å²) in [4.78, 5) is 15.8. The zero-order valence-corrected chi connectivity index (χ0v) is 36.9. The van der Waals surface area contributed by atoms with Gasteiger partial charge in [0.1, 0.15) is 0 Å². The Morgan fingerprint density at radius 3 is 1.41 bits per heavy atom. The average Bonchev–Trinajstić information content (AvgIpc) is 3.69. The predicted octanol–water partition coefficient (Wildman–Crippen LogP) is 11.3. The molecule has 0 saturated heterocycles. The molecule has 0 amide bonds. The summed E-state index contributed by atoms with van der Waals surface area (Å²) in [5.41, 5.74) is 9.54. The molecule has 11 rings (SSSR count). The monoisotopic (exact) mass is 868 g/mol. The third-order valence-electron chi connectivity index (χ3n) is 12.3. The molecule has 2 aromatic heterocycles. The van der Waals surface area contributed by atoms with Crippen molar-refractivity contribution in [3.8, 4) is 51.0 Å². The van der Waals surface area contributed by atoms with Crippen LogP contribution >= 0.6 is 0 Å². The van der Waals surface area contributed by atoms with Gasteiger partial charge in [-0.05, 0) is 0 Å². The van der Waals surface area contributed by atoms with Crippen molar-refractivity contribution in [3.63, 3.8) is 0 Å². The molecule has 0 bridgehead atoms. The first-order valence-electron chi connectivity index (χ1n) is 21.4. The van der Waals surface area contributed by atoms with Crippen LogP contribution in [0.1, 0.15) is 5.56 Å². The molecular weight excluding hydrogens is 825 g/mol. The van der Waals surface area contributed by atoms with Crippen molar-refractivity contribution in [1.29, 1.82) is 0 Å². The van der Waals surface area contributed by atoms with Gasteiger partial charge in [0.25, 0.3) is 0 Å². The molecule has 2 heterocycles. The molecule has 298 valence electrons. The zero-order valence-electron chi connectivity index (χ0n) is 34.8. The standard InChI is InChI=1S/C58H42GeN4/c1-41-35-37-54-50(39-41)49-32-18-20-34-53(49)63(54)55-38-36-44(40-51(55)58-61-56(42-21-7-2-8-22-42)60-57(62-58)43-23-9-3-10-24-43)48-31-17-19-33-52(48)59(45-25-11-4-12-26-45,46-27-13-5-14-28-46)47-29-15-6-16-30-47/h2-40H,1H3. The van der Waals surface area contributed by atoms with Gasteiger partial charge < -0.3 is 0 Å². The van der Waals surface area contributed by atoms with E-state index in [9.17, 15) is 0 Å². The average molecular weight is 868 g/mol. The van der Waals surface area contributed by atoms with Crippen LogP contribution in [0.2, 0.25) is 0 Å². The summed E-state index contributed by atoms with van der Waals surface area (Å²) in [5.74, 6) is 1.86. The van der Waals surface area contributed by atoms with Crippen molar-refractivity contribution >= 4 is 52.7 Å². The summed E-state index contributed by atoms with van der Waals surface area (Å²) in [7, 11) is 0. The molecule has 0 saturated carbocycles. The second-order valence-electron chi connectivity index (χ2n) is 16.0. The molecule has 4 nitrogen and oxygen atoms in total. The van der Waals surface area contributed by atoms with Crippen molar-refractivity contribution in [2.24, 2.45) is 0 Å². The first-order valence-corrected chi connectivity index (χ1v) is 25.6. The molecule has 0 fully saturated rings. The zero-order chi connectivity index (χ0) is 42.2. The molecule has 0 N–H and O–H groups in total. The van der Waals surface area contributed by atoms with E-state index in [-0.39, 0.29) is 0 Å². The Morgan fingerprint density at radius 2 is 0.825 bits per heavy atom. The van der Waals surface area contributed by atoms with Crippen LogP contribution in [0.15, 0.2) is 237 Å². The number of fused-ring (bicyclic) bond motifs is 3. The van der Waals surface area contributed by atoms with E-state index < -0.39 is 13.3 Å². The minimum absolute atomic E-state index is 0.608. The Labute approximate surface area is 370 Å². The molecule has 0 atom stereocenters. The topological polar surface area (TPSA) is 43.6 Å². The second-order valence-corrected chi connectivity index (χ2v) is 23.9. The van der Waals surface area contributed by atoms with Gasteiger partial charge in [0.2, 0.25) is 0 Å². The maximum absolute atomic E-state index is 5.37. The van der Waals surface area contributed by atoms with Crippen molar-refractivity contribution < 1.29 is 0 Å². The molecule has 11 aromatic rings. The number of para-hydroxylation sites is 1. The SMILES string of the molecule is Cc1ccc2c(c1)c1ccccc1n2-c1ccc(-c2cccc[c]2[Ge]([c]2ccccc2)([c]2ccccc2)[c]2ccccc2)cc1-c1nc(-c2ccccc2)nc(-c2ccccc2)n1. The summed E-state index contributed by atoms with van der Waals surface area (Å²) in [6.45, 7) is 2.16. The van der Waals surface area contributed by atoms with Crippen LogP contribution in [0.25, 0.3) is 72.8 Å². The van der Waals surface area contributed by atoms with Crippen LogP contribution in [0.5, 0.6) is 0 Å². The fraction of sp³-hybridized carbons (Fsp3) is 0.0172. The Kier molecular flexibility index (Phi) is 9.91. The number of hydrogen-bond donors (Lipinski definition) is 0. The number of hydrogen-bond acceptors (Lipinski definition) is 3. The van der Waals surface area contributed by atoms with E-state index in [1.54, 1.807) is 0 Å². The Bertz CT molecular complexity index is 3230. The molecule has 0 aliphatic carbocycles. The molecule has 9 aromatic carbocycles. The second kappa shape index (κ2) is 16.3. The van der Waals surface area contributed by atoms with Gasteiger partial charge in [0.15, 0.2) is 0 Å². The van der Waals surface area contributed by atoms with Crippen LogP contribution < -0.4 is 17.6 Å². The third kappa shape index (κ3) is 6.76. The molecule has 0 unspecified atom stereocenters. The number of benzene rings is 9. The summed E-state index contributed by atoms with van der Waals surface area (Å²) in [6, 6.07) is 85.5. The van der Waals surface area contributed by atoms with Gasteiger partial charge in [0.05, 0.1) is 0 Å². The van der Waals surface area contributed by atoms with Crippen LogP contribution in [0.4, 0.5) is 0 Å². The molecule has 5 heteroatoms. The van der Waals surface area contributed by atoms with Crippen LogP contribution in [0.3, 0.4) is 0 Å². The molecule has 0 spiro atoms. The van der Waals surface area contributed by atoms with E-state index in [2.05, 4.69) is 212 Å². The van der Waals surface area contributed by atoms with E-state index in [0.29, 0.717) is 17.5 Å². The van der Waals surface area contributed by atoms with E-state index >= 15 is 0 Å². The van der Waals surface area contributed by atoms with Gasteiger partial charge in [-0.25, -0.2) is 0 Å². The first-order chi connectivity index (χ1) is 31.2. The van der Waals surface area contributed by atoms with E-state index in [0.717, 1.165) is 39.0 Å². The van der Waals surface area contributed by atoms with Crippen LogP contribution in [-0.2, 0) is 0 Å². The normalized spacial score (nSPS) is 11.6. The summed E-state index contributed by atoms with van der Waals surface area (Å²) < 4.78 is 7.87. The quantitative estimate of drug-likeness (QED) is 0.136. The van der Waals surface area contributed by atoms with Gasteiger partial charge in [-0.1, -0.05) is 0 Å². The first kappa shape index (κ1) is 38.3. The fourth-order valence-corrected chi connectivity index (χ4v) is 19.9. The summed E-state index contributed by atoms with van der Waals surface area (Å²) in [6.07, 6.45) is 0. The van der Waals surface area contributed by atoms with Crippen molar-refractivity contribution in [2.75, 3.05) is 0 Å². The van der Waals surface area contributed by atoms with Crippen LogP contribution in [0, 0.1) is 6.92 Å². The summed E-state index contributed by atoms with van der Waals surface area (Å²) in [5, 5.41) is 2.41. The number of aryl methyl sites for hydroxylation is 1. The molecular formula is C58H42GeN4. The molecule has 0 aliphatic heterocycles. The summed E-state index contributed by atoms with van der Waals surface area (Å²) >= 11 is -3.71. The fourth-order valence-electron chi connectivity index (χ4n) is 9.45. The van der Waals surface area contributed by atoms with Gasteiger partial charge >= 0.3 is 372 Å². The van der Waals surface area contributed by atoms with Crippen molar-refractivity contribution in [3.05, 3.63) is 242 Å². The van der Waals surface area contributed by atoms with Gasteiger partial charge in [0, 0.05) is 0 Å². The third-order valence-corrected chi connectivity index (χ3v) is 22.4. The van der Waals surface area contributed by atoms with E-state index in [4.69, 9.17) is 15.0 Å².